The summed E-state index contributed by atoms with van der Waals surface area (Å²) in [5.74, 6) is 1.85. The van der Waals surface area contributed by atoms with Crippen LogP contribution in [0.25, 0.3) is 11.0 Å². The molecule has 0 radical (unpaired) electrons. The number of hydrogen-bond acceptors (Lipinski definition) is 3. The highest BCUT2D eigenvalue weighted by molar-refractivity contribution is 7.09. The highest BCUT2D eigenvalue weighted by Crippen LogP contribution is 2.37. The molecule has 164 valence electrons. The molecule has 1 N–H and O–H groups in total. The van der Waals surface area contributed by atoms with Crippen LogP contribution in [0, 0.1) is 5.92 Å². The van der Waals surface area contributed by atoms with Gasteiger partial charge in [0.15, 0.2) is 0 Å². The van der Waals surface area contributed by atoms with E-state index in [1.54, 1.807) is 11.3 Å². The minimum Gasteiger partial charge on any atom is -0.349 e. The molecular formula is C26H33N3OS. The molecule has 2 heterocycles. The van der Waals surface area contributed by atoms with E-state index in [0.29, 0.717) is 18.0 Å². The molecule has 5 rings (SSSR count). The number of nitrogens with zero attached hydrogens (tertiary/aromatic N) is 2. The highest BCUT2D eigenvalue weighted by atomic mass is 32.1. The molecule has 2 aromatic heterocycles. The molecule has 2 aliphatic carbocycles. The van der Waals surface area contributed by atoms with Crippen molar-refractivity contribution in [1.82, 2.24) is 14.9 Å². The number of hydrogen-bond donors (Lipinski definition) is 1. The van der Waals surface area contributed by atoms with Crippen LogP contribution in [-0.4, -0.2) is 21.5 Å². The highest BCUT2D eigenvalue weighted by Gasteiger charge is 2.27. The average Bonchev–Trinajstić information content (AvgIpc) is 3.42. The SMILES string of the molecule is C[C@@H]1CCCC[C@H]1n1c(Cc2cccs2)nc2cc(C(=O)NC3CCCCC3)ccc21. The van der Waals surface area contributed by atoms with Crippen molar-refractivity contribution in [3.63, 3.8) is 0 Å². The number of benzene rings is 1. The van der Waals surface area contributed by atoms with Gasteiger partial charge in [0.05, 0.1) is 11.0 Å². The number of thiophene rings is 1. The van der Waals surface area contributed by atoms with Crippen molar-refractivity contribution in [3.8, 4) is 0 Å². The third-order valence-electron chi connectivity index (χ3n) is 7.28. The molecule has 2 aliphatic rings. The third-order valence-corrected chi connectivity index (χ3v) is 8.15. The molecule has 0 spiro atoms. The summed E-state index contributed by atoms with van der Waals surface area (Å²) in [6, 6.07) is 11.3. The normalized spacial score (nSPS) is 22.6. The lowest BCUT2D eigenvalue weighted by atomic mass is 9.85. The summed E-state index contributed by atoms with van der Waals surface area (Å²) in [5, 5.41) is 5.39. The van der Waals surface area contributed by atoms with Crippen LogP contribution in [-0.2, 0) is 6.42 Å². The Kier molecular flexibility index (Phi) is 6.13. The van der Waals surface area contributed by atoms with Gasteiger partial charge in [-0.25, -0.2) is 4.98 Å². The van der Waals surface area contributed by atoms with Crippen LogP contribution < -0.4 is 5.32 Å². The van der Waals surface area contributed by atoms with Gasteiger partial charge in [0.2, 0.25) is 0 Å². The van der Waals surface area contributed by atoms with E-state index in [9.17, 15) is 4.79 Å². The van der Waals surface area contributed by atoms with Crippen LogP contribution in [0.2, 0.25) is 0 Å². The van der Waals surface area contributed by atoms with E-state index in [0.717, 1.165) is 36.2 Å². The molecule has 0 aliphatic heterocycles. The summed E-state index contributed by atoms with van der Waals surface area (Å²) in [5.41, 5.74) is 2.88. The summed E-state index contributed by atoms with van der Waals surface area (Å²) >= 11 is 1.79. The van der Waals surface area contributed by atoms with Crippen molar-refractivity contribution in [2.75, 3.05) is 0 Å². The largest absolute Gasteiger partial charge is 0.349 e. The summed E-state index contributed by atoms with van der Waals surface area (Å²) in [6.07, 6.45) is 11.9. The number of aromatic nitrogens is 2. The molecule has 3 aromatic rings. The molecule has 2 atom stereocenters. The predicted molar refractivity (Wildman–Crippen MR) is 128 cm³/mol. The van der Waals surface area contributed by atoms with Crippen molar-refractivity contribution in [3.05, 3.63) is 52.0 Å². The zero-order valence-corrected chi connectivity index (χ0v) is 19.3. The molecule has 1 amide bonds. The molecule has 5 heteroatoms. The quantitative estimate of drug-likeness (QED) is 0.497. The number of fused-ring (bicyclic) bond motifs is 1. The summed E-state index contributed by atoms with van der Waals surface area (Å²) in [4.78, 5) is 19.3. The summed E-state index contributed by atoms with van der Waals surface area (Å²) in [6.45, 7) is 2.39. The fraction of sp³-hybridized carbons (Fsp3) is 0.538. The van der Waals surface area contributed by atoms with Gasteiger partial charge in [-0.15, -0.1) is 11.3 Å². The minimum atomic E-state index is 0.0502. The van der Waals surface area contributed by atoms with E-state index in [1.807, 2.05) is 12.1 Å². The van der Waals surface area contributed by atoms with E-state index in [1.165, 1.54) is 55.3 Å². The van der Waals surface area contributed by atoms with Crippen molar-refractivity contribution in [2.24, 2.45) is 5.92 Å². The maximum Gasteiger partial charge on any atom is 0.251 e. The number of rotatable bonds is 5. The standard InChI is InChI=1S/C26H33N3OS/c1-18-8-5-6-12-23(18)29-24-14-13-19(26(30)27-20-9-3-2-4-10-20)16-22(24)28-25(29)17-21-11-7-15-31-21/h7,11,13-16,18,20,23H,2-6,8-10,12,17H2,1H3,(H,27,30)/t18-,23-/m1/s1. The van der Waals surface area contributed by atoms with Crippen LogP contribution in [0.5, 0.6) is 0 Å². The van der Waals surface area contributed by atoms with Gasteiger partial charge in [-0.2, -0.15) is 0 Å². The smallest absolute Gasteiger partial charge is 0.251 e. The lowest BCUT2D eigenvalue weighted by Gasteiger charge is -2.31. The first-order valence-corrected chi connectivity index (χ1v) is 12.9. The lowest BCUT2D eigenvalue weighted by Crippen LogP contribution is -2.36. The fourth-order valence-corrected chi connectivity index (χ4v) is 6.25. The first-order chi connectivity index (χ1) is 15.2. The molecule has 0 unspecified atom stereocenters. The number of nitrogens with one attached hydrogen (secondary N) is 1. The Morgan fingerprint density at radius 2 is 1.90 bits per heavy atom. The fourth-order valence-electron chi connectivity index (χ4n) is 5.55. The first-order valence-electron chi connectivity index (χ1n) is 12.0. The van der Waals surface area contributed by atoms with E-state index in [2.05, 4.69) is 40.4 Å². The van der Waals surface area contributed by atoms with E-state index >= 15 is 0 Å². The molecule has 0 saturated heterocycles. The second kappa shape index (κ2) is 9.15. The maximum absolute atomic E-state index is 12.9. The van der Waals surface area contributed by atoms with Gasteiger partial charge in [-0.1, -0.05) is 45.1 Å². The van der Waals surface area contributed by atoms with Gasteiger partial charge in [0.1, 0.15) is 5.82 Å². The van der Waals surface area contributed by atoms with Gasteiger partial charge in [0.25, 0.3) is 5.91 Å². The van der Waals surface area contributed by atoms with Crippen LogP contribution >= 0.6 is 11.3 Å². The van der Waals surface area contributed by atoms with E-state index in [-0.39, 0.29) is 5.91 Å². The summed E-state index contributed by atoms with van der Waals surface area (Å²) in [7, 11) is 0. The number of carbonyl (C=O) groups is 1. The Labute approximate surface area is 189 Å². The predicted octanol–water partition coefficient (Wildman–Crippen LogP) is 6.50. The van der Waals surface area contributed by atoms with Crippen molar-refractivity contribution in [1.29, 1.82) is 0 Å². The van der Waals surface area contributed by atoms with Gasteiger partial charge in [-0.05, 0) is 61.2 Å². The van der Waals surface area contributed by atoms with Crippen molar-refractivity contribution < 1.29 is 4.79 Å². The Morgan fingerprint density at radius 3 is 2.68 bits per heavy atom. The monoisotopic (exact) mass is 435 g/mol. The van der Waals surface area contributed by atoms with Crippen molar-refractivity contribution in [2.45, 2.75) is 83.2 Å². The van der Waals surface area contributed by atoms with Gasteiger partial charge in [-0.3, -0.25) is 4.79 Å². The second-order valence-electron chi connectivity index (χ2n) is 9.50. The molecule has 0 bridgehead atoms. The third kappa shape index (κ3) is 4.43. The van der Waals surface area contributed by atoms with Crippen molar-refractivity contribution >= 4 is 28.3 Å². The van der Waals surface area contributed by atoms with Crippen LogP contribution in [0.4, 0.5) is 0 Å². The van der Waals surface area contributed by atoms with Gasteiger partial charge < -0.3 is 9.88 Å². The molecular weight excluding hydrogens is 402 g/mol. The zero-order chi connectivity index (χ0) is 21.2. The van der Waals surface area contributed by atoms with Crippen LogP contribution in [0.15, 0.2) is 35.7 Å². The second-order valence-corrected chi connectivity index (χ2v) is 10.5. The van der Waals surface area contributed by atoms with Crippen LogP contribution in [0.3, 0.4) is 0 Å². The zero-order valence-electron chi connectivity index (χ0n) is 18.5. The summed E-state index contributed by atoms with van der Waals surface area (Å²) < 4.78 is 2.50. The molecule has 4 nitrogen and oxygen atoms in total. The first kappa shape index (κ1) is 20.7. The Balaban J connectivity index is 1.48. The van der Waals surface area contributed by atoms with Gasteiger partial charge in [0, 0.05) is 28.9 Å². The lowest BCUT2D eigenvalue weighted by molar-refractivity contribution is 0.0928. The number of carbonyl (C=O) groups excluding carboxylic acids is 1. The Hall–Kier alpha value is -2.14. The number of amides is 1. The Morgan fingerprint density at radius 1 is 1.10 bits per heavy atom. The maximum atomic E-state index is 12.9. The molecule has 31 heavy (non-hydrogen) atoms. The average molecular weight is 436 g/mol. The molecule has 1 aromatic carbocycles. The van der Waals surface area contributed by atoms with Crippen LogP contribution in [0.1, 0.15) is 91.8 Å². The van der Waals surface area contributed by atoms with E-state index in [4.69, 9.17) is 4.98 Å². The minimum absolute atomic E-state index is 0.0502. The topological polar surface area (TPSA) is 46.9 Å². The van der Waals surface area contributed by atoms with E-state index < -0.39 is 0 Å². The van der Waals surface area contributed by atoms with Gasteiger partial charge >= 0.3 is 0 Å². The number of imidazole rings is 1. The molecule has 2 fully saturated rings. The molecule has 2 saturated carbocycles. The Bertz CT molecular complexity index is 1030.